The number of halogens is 2. The third-order valence-corrected chi connectivity index (χ3v) is 1.51. The van der Waals surface area contributed by atoms with Crippen LogP contribution in [0.2, 0.25) is 0 Å². The molecule has 1 rings (SSSR count). The lowest BCUT2D eigenvalue weighted by atomic mass is 10.5. The Morgan fingerprint density at radius 3 is 2.88 bits per heavy atom. The number of hydrogen-bond donors (Lipinski definition) is 0. The van der Waals surface area contributed by atoms with Gasteiger partial charge in [-0.1, -0.05) is 15.9 Å². The molecule has 0 fully saturated rings. The van der Waals surface area contributed by atoms with Crippen LogP contribution in [-0.2, 0) is 5.33 Å². The molecular weight excluding hydrogens is 191 g/mol. The molecular formula is C4H4BrClN2. The van der Waals surface area contributed by atoms with Crippen LogP contribution >= 0.6 is 27.7 Å². The van der Waals surface area contributed by atoms with E-state index in [4.69, 9.17) is 11.8 Å². The molecule has 0 aromatic carbocycles. The van der Waals surface area contributed by atoms with Gasteiger partial charge in [0.05, 0.1) is 5.69 Å². The van der Waals surface area contributed by atoms with E-state index in [0.29, 0.717) is 0 Å². The zero-order chi connectivity index (χ0) is 5.98. The fraction of sp³-hybridized carbons (Fsp3) is 0.250. The molecule has 0 N–H and O–H groups in total. The Hall–Kier alpha value is -0.0200. The van der Waals surface area contributed by atoms with Gasteiger partial charge in [0.15, 0.2) is 0 Å². The molecule has 44 valence electrons. The Labute approximate surface area is 60.7 Å². The molecule has 0 atom stereocenters. The molecule has 1 aromatic heterocycles. The van der Waals surface area contributed by atoms with Gasteiger partial charge in [0.2, 0.25) is 0 Å². The van der Waals surface area contributed by atoms with Crippen molar-refractivity contribution in [3.05, 3.63) is 18.0 Å². The van der Waals surface area contributed by atoms with E-state index in [9.17, 15) is 0 Å². The van der Waals surface area contributed by atoms with Crippen molar-refractivity contribution in [2.24, 2.45) is 0 Å². The van der Waals surface area contributed by atoms with Crippen LogP contribution in [0, 0.1) is 0 Å². The number of aromatic nitrogens is 2. The van der Waals surface area contributed by atoms with Crippen molar-refractivity contribution in [2.75, 3.05) is 0 Å². The van der Waals surface area contributed by atoms with Crippen molar-refractivity contribution < 1.29 is 0 Å². The zero-order valence-corrected chi connectivity index (χ0v) is 6.35. The van der Waals surface area contributed by atoms with Gasteiger partial charge in [-0.25, -0.2) is 0 Å². The molecule has 0 aliphatic carbocycles. The van der Waals surface area contributed by atoms with E-state index in [1.54, 1.807) is 6.20 Å². The topological polar surface area (TPSA) is 17.8 Å². The van der Waals surface area contributed by atoms with Gasteiger partial charge in [0.1, 0.15) is 0 Å². The number of rotatable bonds is 1. The molecule has 0 saturated heterocycles. The standard InChI is InChI=1S/C4H4BrClN2/c5-3-4-1-2-8(6)7-4/h1-2H,3H2. The molecule has 0 spiro atoms. The molecule has 1 aromatic rings. The predicted octanol–water partition coefficient (Wildman–Crippen LogP) is 1.78. The average molecular weight is 195 g/mol. The summed E-state index contributed by atoms with van der Waals surface area (Å²) in [6.07, 6.45) is 1.69. The Morgan fingerprint density at radius 1 is 1.88 bits per heavy atom. The van der Waals surface area contributed by atoms with E-state index in [2.05, 4.69) is 21.0 Å². The first-order valence-corrected chi connectivity index (χ1v) is 3.55. The Kier molecular flexibility index (Phi) is 1.91. The third kappa shape index (κ3) is 1.23. The lowest BCUT2D eigenvalue weighted by Gasteiger charge is -1.79. The molecule has 0 amide bonds. The molecule has 8 heavy (non-hydrogen) atoms. The van der Waals surface area contributed by atoms with Crippen molar-refractivity contribution in [2.45, 2.75) is 5.33 Å². The highest BCUT2D eigenvalue weighted by molar-refractivity contribution is 9.08. The van der Waals surface area contributed by atoms with Gasteiger partial charge in [-0.3, -0.25) is 0 Å². The summed E-state index contributed by atoms with van der Waals surface area (Å²) in [4.78, 5) is 0. The normalized spacial score (nSPS) is 9.75. The molecule has 2 nitrogen and oxygen atoms in total. The first-order chi connectivity index (χ1) is 3.83. The van der Waals surface area contributed by atoms with Gasteiger partial charge in [0, 0.05) is 23.3 Å². The van der Waals surface area contributed by atoms with Crippen molar-refractivity contribution in [1.29, 1.82) is 0 Å². The first-order valence-electron chi connectivity index (χ1n) is 2.09. The summed E-state index contributed by atoms with van der Waals surface area (Å²) in [6.45, 7) is 0. The van der Waals surface area contributed by atoms with Crippen molar-refractivity contribution in [3.63, 3.8) is 0 Å². The number of hydrogen-bond acceptors (Lipinski definition) is 1. The zero-order valence-electron chi connectivity index (χ0n) is 4.01. The van der Waals surface area contributed by atoms with Crippen LogP contribution in [0.5, 0.6) is 0 Å². The summed E-state index contributed by atoms with van der Waals surface area (Å²) >= 11 is 8.66. The molecule has 1 heterocycles. The number of alkyl halides is 1. The lowest BCUT2D eigenvalue weighted by Crippen LogP contribution is -1.80. The minimum atomic E-state index is 0.757. The van der Waals surface area contributed by atoms with E-state index in [1.807, 2.05) is 6.07 Å². The maximum Gasteiger partial charge on any atom is 0.0745 e. The summed E-state index contributed by atoms with van der Waals surface area (Å²) in [5.74, 6) is 0. The molecule has 0 aliphatic heterocycles. The van der Waals surface area contributed by atoms with Crippen LogP contribution in [0.4, 0.5) is 0 Å². The molecule has 0 bridgehead atoms. The van der Waals surface area contributed by atoms with Crippen LogP contribution < -0.4 is 0 Å². The van der Waals surface area contributed by atoms with Crippen LogP contribution in [0.15, 0.2) is 12.3 Å². The van der Waals surface area contributed by atoms with Crippen molar-refractivity contribution in [3.8, 4) is 0 Å². The Balaban J connectivity index is 2.84. The van der Waals surface area contributed by atoms with Crippen LogP contribution in [-0.4, -0.2) is 9.30 Å². The SMILES string of the molecule is Cln1ccc(CBr)n1. The minimum absolute atomic E-state index is 0.757. The second-order valence-electron chi connectivity index (χ2n) is 1.33. The van der Waals surface area contributed by atoms with Crippen LogP contribution in [0.1, 0.15) is 5.69 Å². The van der Waals surface area contributed by atoms with Gasteiger partial charge in [0.25, 0.3) is 0 Å². The predicted molar refractivity (Wildman–Crippen MR) is 36.1 cm³/mol. The lowest BCUT2D eigenvalue weighted by molar-refractivity contribution is 0.960. The second-order valence-corrected chi connectivity index (χ2v) is 2.24. The highest BCUT2D eigenvalue weighted by Crippen LogP contribution is 2.01. The molecule has 0 radical (unpaired) electrons. The van der Waals surface area contributed by atoms with Gasteiger partial charge in [-0.2, -0.15) is 9.30 Å². The summed E-state index contributed by atoms with van der Waals surface area (Å²) in [5, 5.41) is 4.62. The van der Waals surface area contributed by atoms with Gasteiger partial charge in [-0.15, -0.1) is 0 Å². The fourth-order valence-electron chi connectivity index (χ4n) is 0.408. The van der Waals surface area contributed by atoms with Crippen molar-refractivity contribution >= 4 is 27.7 Å². The summed E-state index contributed by atoms with van der Waals surface area (Å²) in [7, 11) is 0. The quantitative estimate of drug-likeness (QED) is 0.625. The first kappa shape index (κ1) is 6.11. The molecule has 0 aliphatic rings. The monoisotopic (exact) mass is 194 g/mol. The van der Waals surface area contributed by atoms with E-state index in [1.165, 1.54) is 4.20 Å². The van der Waals surface area contributed by atoms with Gasteiger partial charge >= 0.3 is 0 Å². The van der Waals surface area contributed by atoms with Crippen LogP contribution in [0.25, 0.3) is 0 Å². The summed E-state index contributed by atoms with van der Waals surface area (Å²) < 4.78 is 1.26. The highest BCUT2D eigenvalue weighted by Gasteiger charge is 1.91. The molecule has 4 heteroatoms. The molecule has 0 saturated carbocycles. The van der Waals surface area contributed by atoms with E-state index >= 15 is 0 Å². The second kappa shape index (κ2) is 2.51. The Morgan fingerprint density at radius 2 is 2.62 bits per heavy atom. The van der Waals surface area contributed by atoms with E-state index in [-0.39, 0.29) is 0 Å². The number of nitrogens with zero attached hydrogens (tertiary/aromatic N) is 2. The van der Waals surface area contributed by atoms with Crippen molar-refractivity contribution in [1.82, 2.24) is 9.30 Å². The van der Waals surface area contributed by atoms with Gasteiger partial charge in [-0.05, 0) is 6.07 Å². The Bertz CT molecular complexity index is 174. The average Bonchev–Trinajstić information content (AvgIpc) is 2.14. The van der Waals surface area contributed by atoms with Crippen LogP contribution in [0.3, 0.4) is 0 Å². The smallest absolute Gasteiger partial charge is 0.0745 e. The molecule has 0 unspecified atom stereocenters. The highest BCUT2D eigenvalue weighted by atomic mass is 79.9. The maximum atomic E-state index is 5.42. The van der Waals surface area contributed by atoms with Gasteiger partial charge < -0.3 is 0 Å². The van der Waals surface area contributed by atoms with E-state index < -0.39 is 0 Å². The third-order valence-electron chi connectivity index (χ3n) is 0.751. The van der Waals surface area contributed by atoms with E-state index in [0.717, 1.165) is 11.0 Å². The summed E-state index contributed by atoms with van der Waals surface area (Å²) in [6, 6.07) is 1.85. The maximum absolute atomic E-state index is 5.42. The largest absolute Gasteiger partial charge is 0.180 e. The minimum Gasteiger partial charge on any atom is -0.180 e. The summed E-state index contributed by atoms with van der Waals surface area (Å²) in [5.41, 5.74) is 0.944. The fourth-order valence-corrected chi connectivity index (χ4v) is 0.861.